The molecule has 0 atom stereocenters. The number of aryl methyl sites for hydroxylation is 2. The highest BCUT2D eigenvalue weighted by Gasteiger charge is 2.32. The van der Waals surface area contributed by atoms with E-state index in [1.165, 1.54) is 31.2 Å². The van der Waals surface area contributed by atoms with Gasteiger partial charge in [0.1, 0.15) is 0 Å². The van der Waals surface area contributed by atoms with E-state index in [0.29, 0.717) is 19.1 Å². The van der Waals surface area contributed by atoms with Crippen molar-refractivity contribution in [3.63, 3.8) is 0 Å². The van der Waals surface area contributed by atoms with Crippen molar-refractivity contribution in [1.82, 2.24) is 14.5 Å². The molecule has 0 amide bonds. The summed E-state index contributed by atoms with van der Waals surface area (Å²) in [5.74, 6) is 0.766. The molecule has 166 valence electrons. The third-order valence-electron chi connectivity index (χ3n) is 7.06. The van der Waals surface area contributed by atoms with E-state index in [2.05, 4.69) is 53.1 Å². The van der Waals surface area contributed by atoms with Crippen LogP contribution in [-0.2, 0) is 19.5 Å². The highest BCUT2D eigenvalue weighted by Crippen LogP contribution is 2.32. The van der Waals surface area contributed by atoms with E-state index >= 15 is 0 Å². The maximum atomic E-state index is 13.7. The van der Waals surface area contributed by atoms with Gasteiger partial charge in [-0.05, 0) is 49.4 Å². The third-order valence-corrected chi connectivity index (χ3v) is 7.06. The lowest BCUT2D eigenvalue weighted by atomic mass is 10.0. The van der Waals surface area contributed by atoms with Gasteiger partial charge in [-0.1, -0.05) is 62.2 Å². The van der Waals surface area contributed by atoms with Gasteiger partial charge in [-0.15, -0.1) is 0 Å². The van der Waals surface area contributed by atoms with Crippen LogP contribution in [0.15, 0.2) is 59.4 Å². The van der Waals surface area contributed by atoms with Crippen LogP contribution < -0.4 is 10.5 Å². The van der Waals surface area contributed by atoms with Crippen molar-refractivity contribution in [2.45, 2.75) is 65.1 Å². The minimum Gasteiger partial charge on any atom is -0.298 e. The summed E-state index contributed by atoms with van der Waals surface area (Å²) in [5, 5.41) is 0. The van der Waals surface area contributed by atoms with Crippen LogP contribution in [-0.4, -0.2) is 27.2 Å². The van der Waals surface area contributed by atoms with Crippen molar-refractivity contribution in [3.8, 4) is 0 Å². The SMILES string of the molecule is CCc1ccc(N2CN(C3CCCC3)Cn3c2nc(C)c(Cc2ccccc2)c3=O)cc1. The summed E-state index contributed by atoms with van der Waals surface area (Å²) in [6.07, 6.45) is 6.61. The Labute approximate surface area is 190 Å². The summed E-state index contributed by atoms with van der Waals surface area (Å²) in [4.78, 5) is 23.4. The second-order valence-corrected chi connectivity index (χ2v) is 9.13. The molecule has 32 heavy (non-hydrogen) atoms. The van der Waals surface area contributed by atoms with E-state index in [1.807, 2.05) is 29.7 Å². The normalized spacial score (nSPS) is 17.0. The largest absolute Gasteiger partial charge is 0.298 e. The lowest BCUT2D eigenvalue weighted by Gasteiger charge is -2.41. The standard InChI is InChI=1S/C27H32N4O/c1-3-21-13-15-24(16-14-21)30-18-29(23-11-7-8-12-23)19-31-26(32)25(20(2)28-27(30)31)17-22-9-5-4-6-10-22/h4-6,9-10,13-16,23H,3,7-8,11-12,17-19H2,1-2H3. The number of nitrogens with zero attached hydrogens (tertiary/aromatic N) is 4. The van der Waals surface area contributed by atoms with Gasteiger partial charge in [-0.2, -0.15) is 0 Å². The maximum Gasteiger partial charge on any atom is 0.259 e. The Morgan fingerprint density at radius 3 is 2.34 bits per heavy atom. The Bertz CT molecular complexity index is 1130. The zero-order valence-corrected chi connectivity index (χ0v) is 19.1. The molecule has 0 unspecified atom stereocenters. The van der Waals surface area contributed by atoms with Crippen LogP contribution in [0.4, 0.5) is 11.6 Å². The number of fused-ring (bicyclic) bond motifs is 1. The van der Waals surface area contributed by atoms with Crippen LogP contribution in [0.25, 0.3) is 0 Å². The highest BCUT2D eigenvalue weighted by molar-refractivity contribution is 5.59. The molecule has 5 rings (SSSR count). The molecular formula is C27H32N4O. The minimum atomic E-state index is 0.0919. The van der Waals surface area contributed by atoms with Gasteiger partial charge in [0.05, 0.1) is 19.0 Å². The van der Waals surface area contributed by atoms with Crippen molar-refractivity contribution in [2.75, 3.05) is 11.6 Å². The molecule has 3 aromatic rings. The number of rotatable bonds is 5. The second-order valence-electron chi connectivity index (χ2n) is 9.13. The number of aromatic nitrogens is 2. The molecule has 1 aromatic heterocycles. The molecule has 2 heterocycles. The Morgan fingerprint density at radius 2 is 1.66 bits per heavy atom. The number of hydrogen-bond acceptors (Lipinski definition) is 4. The summed E-state index contributed by atoms with van der Waals surface area (Å²) >= 11 is 0. The maximum absolute atomic E-state index is 13.7. The van der Waals surface area contributed by atoms with Crippen LogP contribution in [0.1, 0.15) is 55.0 Å². The predicted molar refractivity (Wildman–Crippen MR) is 129 cm³/mol. The van der Waals surface area contributed by atoms with Gasteiger partial charge in [0, 0.05) is 23.7 Å². The van der Waals surface area contributed by atoms with Crippen LogP contribution in [0, 0.1) is 6.92 Å². The zero-order chi connectivity index (χ0) is 22.1. The fraction of sp³-hybridized carbons (Fsp3) is 0.407. The van der Waals surface area contributed by atoms with Crippen LogP contribution in [0.3, 0.4) is 0 Å². The fourth-order valence-electron chi connectivity index (χ4n) is 5.10. The van der Waals surface area contributed by atoms with Crippen molar-refractivity contribution in [2.24, 2.45) is 0 Å². The first kappa shape index (κ1) is 21.0. The van der Waals surface area contributed by atoms with E-state index < -0.39 is 0 Å². The first-order chi connectivity index (χ1) is 15.6. The third kappa shape index (κ3) is 3.97. The Kier molecular flexibility index (Phi) is 5.83. The molecule has 0 N–H and O–H groups in total. The molecule has 0 spiro atoms. The molecular weight excluding hydrogens is 396 g/mol. The monoisotopic (exact) mass is 428 g/mol. The number of anilines is 2. The molecule has 0 saturated heterocycles. The van der Waals surface area contributed by atoms with Gasteiger partial charge >= 0.3 is 0 Å². The molecule has 5 nitrogen and oxygen atoms in total. The number of benzene rings is 2. The first-order valence-corrected chi connectivity index (χ1v) is 11.9. The summed E-state index contributed by atoms with van der Waals surface area (Å²) in [6.45, 7) is 5.55. The van der Waals surface area contributed by atoms with Gasteiger partial charge in [0.15, 0.2) is 0 Å². The van der Waals surface area contributed by atoms with Gasteiger partial charge in [-0.25, -0.2) is 4.98 Å². The van der Waals surface area contributed by atoms with E-state index in [0.717, 1.165) is 41.5 Å². The van der Waals surface area contributed by atoms with E-state index in [1.54, 1.807) is 0 Å². The summed E-state index contributed by atoms with van der Waals surface area (Å²) in [5.41, 5.74) is 5.28. The van der Waals surface area contributed by atoms with Crippen LogP contribution in [0.5, 0.6) is 0 Å². The molecule has 1 saturated carbocycles. The summed E-state index contributed by atoms with van der Waals surface area (Å²) < 4.78 is 1.90. The van der Waals surface area contributed by atoms with Gasteiger partial charge in [0.2, 0.25) is 5.95 Å². The van der Waals surface area contributed by atoms with E-state index in [4.69, 9.17) is 4.98 Å². The average molecular weight is 429 g/mol. The Hall–Kier alpha value is -2.92. The Morgan fingerprint density at radius 1 is 0.938 bits per heavy atom. The molecule has 1 aliphatic heterocycles. The molecule has 2 aromatic carbocycles. The van der Waals surface area contributed by atoms with Gasteiger partial charge in [0.25, 0.3) is 5.56 Å². The van der Waals surface area contributed by atoms with Crippen molar-refractivity contribution in [3.05, 3.63) is 87.3 Å². The van der Waals surface area contributed by atoms with Crippen LogP contribution in [0.2, 0.25) is 0 Å². The topological polar surface area (TPSA) is 41.4 Å². The van der Waals surface area contributed by atoms with E-state index in [9.17, 15) is 4.79 Å². The average Bonchev–Trinajstić information content (AvgIpc) is 3.37. The molecule has 2 aliphatic rings. The molecule has 0 bridgehead atoms. The summed E-state index contributed by atoms with van der Waals surface area (Å²) in [6, 6.07) is 19.5. The second kappa shape index (κ2) is 8.91. The zero-order valence-electron chi connectivity index (χ0n) is 19.1. The van der Waals surface area contributed by atoms with Gasteiger partial charge in [-0.3, -0.25) is 19.2 Å². The van der Waals surface area contributed by atoms with E-state index in [-0.39, 0.29) is 5.56 Å². The van der Waals surface area contributed by atoms with Gasteiger partial charge < -0.3 is 0 Å². The highest BCUT2D eigenvalue weighted by atomic mass is 16.1. The lowest BCUT2D eigenvalue weighted by molar-refractivity contribution is 0.138. The minimum absolute atomic E-state index is 0.0919. The summed E-state index contributed by atoms with van der Waals surface area (Å²) in [7, 11) is 0. The molecule has 0 radical (unpaired) electrons. The number of hydrogen-bond donors (Lipinski definition) is 0. The quantitative estimate of drug-likeness (QED) is 0.572. The first-order valence-electron chi connectivity index (χ1n) is 11.9. The smallest absolute Gasteiger partial charge is 0.259 e. The molecule has 5 heteroatoms. The fourth-order valence-corrected chi connectivity index (χ4v) is 5.10. The predicted octanol–water partition coefficient (Wildman–Crippen LogP) is 5.02. The van der Waals surface area contributed by atoms with Crippen molar-refractivity contribution in [1.29, 1.82) is 0 Å². The van der Waals surface area contributed by atoms with Crippen molar-refractivity contribution < 1.29 is 0 Å². The molecule has 1 aliphatic carbocycles. The van der Waals surface area contributed by atoms with Crippen molar-refractivity contribution >= 4 is 11.6 Å². The molecule has 1 fully saturated rings. The lowest BCUT2D eigenvalue weighted by Crippen LogP contribution is -2.51. The Balaban J connectivity index is 1.58. The van der Waals surface area contributed by atoms with Crippen LogP contribution >= 0.6 is 0 Å².